The molecule has 1 unspecified atom stereocenters. The third kappa shape index (κ3) is 6.73. The van der Waals surface area contributed by atoms with Gasteiger partial charge in [0.05, 0.1) is 28.2 Å². The Labute approximate surface area is 356 Å². The van der Waals surface area contributed by atoms with Crippen LogP contribution < -0.4 is 14.8 Å². The molecule has 0 bridgehead atoms. The Balaban J connectivity index is 0.000000142. The highest BCUT2D eigenvalue weighted by molar-refractivity contribution is 6.33. The fraction of sp³-hybridized carbons (Fsp3) is 0.217. The van der Waals surface area contributed by atoms with E-state index < -0.39 is 6.17 Å². The van der Waals surface area contributed by atoms with Crippen molar-refractivity contribution in [2.75, 3.05) is 26.4 Å². The Bertz CT molecular complexity index is 3090. The number of rotatable bonds is 6. The van der Waals surface area contributed by atoms with Crippen molar-refractivity contribution in [2.45, 2.75) is 37.6 Å². The lowest BCUT2D eigenvalue weighted by Crippen LogP contribution is -2.28. The minimum atomic E-state index is -0.820. The SMILES string of the molecule is Cl.F[C@@H]1CN[C@H](COc2c3[nH]c4ccc(Cl)cc4c3cc3c2[nH]c2ccc(Cl)cc23)C1.Fc1ccc2[nH]c3c(OCC4CCCO4)c4[nH]c5ccc(F)cc5c4cc3c2c1. The number of benzene rings is 6. The number of alkyl halides is 1. The molecule has 0 spiro atoms. The van der Waals surface area contributed by atoms with Crippen LogP contribution >= 0.6 is 35.6 Å². The number of ether oxygens (including phenoxy) is 3. The van der Waals surface area contributed by atoms with Gasteiger partial charge in [-0.25, -0.2) is 13.2 Å². The second-order valence-electron chi connectivity index (χ2n) is 15.6. The van der Waals surface area contributed by atoms with E-state index in [4.69, 9.17) is 37.4 Å². The molecule has 2 fully saturated rings. The molecule has 4 aromatic heterocycles. The zero-order chi connectivity index (χ0) is 39.9. The molecule has 0 amide bonds. The zero-order valence-corrected chi connectivity index (χ0v) is 34.1. The fourth-order valence-corrected chi connectivity index (χ4v) is 9.26. The summed E-state index contributed by atoms with van der Waals surface area (Å²) in [6.07, 6.45) is 1.70. The molecule has 14 heteroatoms. The Morgan fingerprint density at radius 3 is 1.47 bits per heavy atom. The molecule has 0 radical (unpaired) electrons. The summed E-state index contributed by atoms with van der Waals surface area (Å²) in [6.45, 7) is 1.96. The summed E-state index contributed by atoms with van der Waals surface area (Å²) in [4.78, 5) is 13.7. The van der Waals surface area contributed by atoms with Crippen molar-refractivity contribution in [1.29, 1.82) is 0 Å². The number of nitrogens with one attached hydrogen (secondary N) is 5. The highest BCUT2D eigenvalue weighted by Crippen LogP contribution is 2.43. The summed E-state index contributed by atoms with van der Waals surface area (Å²) in [6, 6.07) is 25.0. The van der Waals surface area contributed by atoms with Gasteiger partial charge in [0.25, 0.3) is 0 Å². The summed E-state index contributed by atoms with van der Waals surface area (Å²) >= 11 is 12.6. The number of halogens is 6. The highest BCUT2D eigenvalue weighted by atomic mass is 35.5. The van der Waals surface area contributed by atoms with Gasteiger partial charge in [0.15, 0.2) is 11.5 Å². The second-order valence-corrected chi connectivity index (χ2v) is 16.4. The molecule has 306 valence electrons. The van der Waals surface area contributed by atoms with Gasteiger partial charge >= 0.3 is 0 Å². The molecule has 2 saturated heterocycles. The van der Waals surface area contributed by atoms with E-state index in [1.165, 1.54) is 24.3 Å². The second kappa shape index (κ2) is 15.3. The van der Waals surface area contributed by atoms with Crippen molar-refractivity contribution >= 4 is 123 Å². The lowest BCUT2D eigenvalue weighted by molar-refractivity contribution is 0.0689. The van der Waals surface area contributed by atoms with Crippen molar-refractivity contribution in [2.24, 2.45) is 0 Å². The number of H-pyrrole nitrogens is 4. The van der Waals surface area contributed by atoms with Gasteiger partial charge in [-0.2, -0.15) is 0 Å². The van der Waals surface area contributed by atoms with Crippen molar-refractivity contribution in [1.82, 2.24) is 25.3 Å². The molecular formula is C46H37Cl3F3N5O3. The Kier molecular flexibility index (Phi) is 9.92. The topological polar surface area (TPSA) is 103 Å². The lowest BCUT2D eigenvalue weighted by atomic mass is 10.1. The van der Waals surface area contributed by atoms with Gasteiger partial charge < -0.3 is 39.5 Å². The van der Waals surface area contributed by atoms with Gasteiger partial charge in [0.2, 0.25) is 0 Å². The standard InChI is InChI=1S/C23H18Cl2FN3O.C23H18F2N2O2.ClH/c24-11-1-3-19-15(5-11)17-8-18-16-6-12(25)2-4-20(16)29-22(18)23(21(17)28-19)30-10-14-7-13(26)9-27-14;24-12-3-5-19-15(8-12)17-10-18-16-9-13(25)4-6-20(16)27-22(18)23(21(17)26-19)29-11-14-2-1-7-28-14;/h1-6,8,13-14,27-29H,7,9-10H2;3-6,8-10,14,26-27H,1-2,7,11H2;1H/t13-,14-;;/m0../s1. The first-order chi connectivity index (χ1) is 28.7. The van der Waals surface area contributed by atoms with Crippen LogP contribution in [-0.4, -0.2) is 64.6 Å². The number of fused-ring (bicyclic) bond motifs is 12. The molecule has 2 aliphatic heterocycles. The smallest absolute Gasteiger partial charge is 0.167 e. The molecule has 60 heavy (non-hydrogen) atoms. The molecule has 5 N–H and O–H groups in total. The molecule has 2 aliphatic rings. The molecule has 12 rings (SSSR count). The van der Waals surface area contributed by atoms with E-state index in [1.54, 1.807) is 12.1 Å². The van der Waals surface area contributed by atoms with Crippen molar-refractivity contribution in [3.8, 4) is 11.5 Å². The van der Waals surface area contributed by atoms with E-state index in [2.05, 4.69) is 31.3 Å². The third-order valence-electron chi connectivity index (χ3n) is 11.7. The van der Waals surface area contributed by atoms with E-state index >= 15 is 0 Å². The zero-order valence-electron chi connectivity index (χ0n) is 31.8. The van der Waals surface area contributed by atoms with E-state index in [9.17, 15) is 13.2 Å². The quantitative estimate of drug-likeness (QED) is 0.115. The largest absolute Gasteiger partial charge is 0.488 e. The third-order valence-corrected chi connectivity index (χ3v) is 12.2. The van der Waals surface area contributed by atoms with Crippen LogP contribution in [0.2, 0.25) is 10.0 Å². The highest BCUT2D eigenvalue weighted by Gasteiger charge is 2.26. The summed E-state index contributed by atoms with van der Waals surface area (Å²) in [5.41, 5.74) is 7.00. The summed E-state index contributed by atoms with van der Waals surface area (Å²) in [7, 11) is 0. The first kappa shape index (κ1) is 38.9. The average Bonchev–Trinajstić information content (AvgIpc) is 4.09. The Hall–Kier alpha value is -5.30. The Morgan fingerprint density at radius 1 is 0.583 bits per heavy atom. The van der Waals surface area contributed by atoms with Gasteiger partial charge in [-0.05, 0) is 104 Å². The van der Waals surface area contributed by atoms with Crippen LogP contribution in [-0.2, 0) is 4.74 Å². The minimum absolute atomic E-state index is 0. The van der Waals surface area contributed by atoms with Gasteiger partial charge in [0.1, 0.15) is 31.0 Å². The molecular weight excluding hydrogens is 834 g/mol. The molecule has 0 aliphatic carbocycles. The molecule has 8 nitrogen and oxygen atoms in total. The van der Waals surface area contributed by atoms with Crippen molar-refractivity contribution < 1.29 is 27.4 Å². The average molecular weight is 871 g/mol. The monoisotopic (exact) mass is 869 g/mol. The number of aromatic nitrogens is 4. The van der Waals surface area contributed by atoms with Crippen LogP contribution in [0.1, 0.15) is 19.3 Å². The lowest BCUT2D eigenvalue weighted by Gasteiger charge is -2.13. The van der Waals surface area contributed by atoms with Gasteiger partial charge in [-0.1, -0.05) is 23.2 Å². The maximum Gasteiger partial charge on any atom is 0.167 e. The van der Waals surface area contributed by atoms with Crippen LogP contribution in [0.25, 0.3) is 87.2 Å². The van der Waals surface area contributed by atoms with Crippen molar-refractivity contribution in [3.05, 3.63) is 107 Å². The van der Waals surface area contributed by atoms with Crippen molar-refractivity contribution in [3.63, 3.8) is 0 Å². The maximum absolute atomic E-state index is 13.9. The number of aromatic amines is 4. The van der Waals surface area contributed by atoms with Gasteiger partial charge in [-0.3, -0.25) is 0 Å². The van der Waals surface area contributed by atoms with Crippen LogP contribution in [0.3, 0.4) is 0 Å². The predicted octanol–water partition coefficient (Wildman–Crippen LogP) is 12.6. The maximum atomic E-state index is 13.9. The molecule has 6 aromatic carbocycles. The molecule has 0 saturated carbocycles. The first-order valence-corrected chi connectivity index (χ1v) is 20.4. The molecule has 6 heterocycles. The summed E-state index contributed by atoms with van der Waals surface area (Å²) in [5, 5.41) is 11.9. The van der Waals surface area contributed by atoms with Gasteiger partial charge in [0, 0.05) is 94.4 Å². The first-order valence-electron chi connectivity index (χ1n) is 19.7. The number of hydrogen-bond acceptors (Lipinski definition) is 4. The van der Waals surface area contributed by atoms with Crippen LogP contribution in [0.5, 0.6) is 11.5 Å². The van der Waals surface area contributed by atoms with Gasteiger partial charge in [-0.15, -0.1) is 12.4 Å². The normalized spacial score (nSPS) is 18.1. The van der Waals surface area contributed by atoms with E-state index in [0.717, 1.165) is 112 Å². The minimum Gasteiger partial charge on any atom is -0.488 e. The fourth-order valence-electron chi connectivity index (χ4n) is 8.92. The predicted molar refractivity (Wildman–Crippen MR) is 239 cm³/mol. The van der Waals surface area contributed by atoms with E-state index in [1.807, 2.05) is 42.5 Å². The van der Waals surface area contributed by atoms with Crippen LogP contribution in [0.15, 0.2) is 84.9 Å². The van der Waals surface area contributed by atoms with Crippen LogP contribution in [0.4, 0.5) is 13.2 Å². The molecule has 3 atom stereocenters. The van der Waals surface area contributed by atoms with E-state index in [0.29, 0.717) is 42.0 Å². The summed E-state index contributed by atoms with van der Waals surface area (Å²) < 4.78 is 59.8. The van der Waals surface area contributed by atoms with E-state index in [-0.39, 0.29) is 36.2 Å². The number of hydrogen-bond donors (Lipinski definition) is 5. The molecule has 10 aromatic rings. The summed E-state index contributed by atoms with van der Waals surface area (Å²) in [5.74, 6) is 0.781. The van der Waals surface area contributed by atoms with Crippen LogP contribution in [0, 0.1) is 11.6 Å². The Morgan fingerprint density at radius 2 is 1.03 bits per heavy atom.